The van der Waals surface area contributed by atoms with Crippen molar-refractivity contribution in [1.29, 1.82) is 0 Å². The molecule has 0 radical (unpaired) electrons. The Labute approximate surface area is 137 Å². The number of rotatable bonds is 6. The van der Waals surface area contributed by atoms with Crippen LogP contribution in [0.1, 0.15) is 44.1 Å². The lowest BCUT2D eigenvalue weighted by atomic mass is 10.1. The number of methoxy groups -OCH3 is 1. The molecule has 5 heteroatoms. The molecule has 1 aromatic rings. The van der Waals surface area contributed by atoms with Crippen LogP contribution in [0.5, 0.6) is 5.75 Å². The molecule has 0 spiro atoms. The molecule has 0 heterocycles. The summed E-state index contributed by atoms with van der Waals surface area (Å²) in [4.78, 5) is 23.6. The second kappa shape index (κ2) is 9.18. The molecule has 0 aliphatic heterocycles. The van der Waals surface area contributed by atoms with Crippen molar-refractivity contribution >= 4 is 11.9 Å². The quantitative estimate of drug-likeness (QED) is 0.646. The summed E-state index contributed by atoms with van der Waals surface area (Å²) in [6, 6.07) is 7.44. The molecule has 23 heavy (non-hydrogen) atoms. The molecule has 1 fully saturated rings. The topological polar surface area (TPSA) is 64.6 Å². The molecular weight excluding hydrogens is 294 g/mol. The molecule has 1 aliphatic rings. The van der Waals surface area contributed by atoms with Crippen molar-refractivity contribution in [2.24, 2.45) is 0 Å². The summed E-state index contributed by atoms with van der Waals surface area (Å²) in [5.74, 6) is 0.135. The first-order valence-corrected chi connectivity index (χ1v) is 8.25. The van der Waals surface area contributed by atoms with Crippen LogP contribution in [0, 0.1) is 0 Å². The predicted molar refractivity (Wildman–Crippen MR) is 87.3 cm³/mol. The van der Waals surface area contributed by atoms with E-state index in [0.29, 0.717) is 0 Å². The van der Waals surface area contributed by atoms with Gasteiger partial charge in [0.2, 0.25) is 0 Å². The van der Waals surface area contributed by atoms with Crippen molar-refractivity contribution < 1.29 is 19.1 Å². The van der Waals surface area contributed by atoms with Gasteiger partial charge in [0.15, 0.2) is 6.61 Å². The lowest BCUT2D eigenvalue weighted by molar-refractivity contribution is -0.148. The van der Waals surface area contributed by atoms with E-state index in [1.54, 1.807) is 19.2 Å². The normalized spacial score (nSPS) is 15.5. The standard InChI is InChI=1S/C18H25NO4/c1-22-16-10-8-14(9-11-16)12-18(21)23-13-17(20)19-15-6-4-2-3-5-7-15/h8-11,15H,2-7,12-13H2,1H3,(H,19,20). The van der Waals surface area contributed by atoms with E-state index in [1.165, 1.54) is 12.8 Å². The highest BCUT2D eigenvalue weighted by atomic mass is 16.5. The molecule has 5 nitrogen and oxygen atoms in total. The van der Waals surface area contributed by atoms with Crippen LogP contribution in [0.25, 0.3) is 0 Å². The van der Waals surface area contributed by atoms with E-state index in [4.69, 9.17) is 9.47 Å². The van der Waals surface area contributed by atoms with E-state index < -0.39 is 5.97 Å². The highest BCUT2D eigenvalue weighted by molar-refractivity contribution is 5.81. The van der Waals surface area contributed by atoms with Crippen LogP contribution in [-0.4, -0.2) is 31.6 Å². The average molecular weight is 319 g/mol. The molecule has 0 saturated heterocycles. The minimum absolute atomic E-state index is 0.153. The van der Waals surface area contributed by atoms with Gasteiger partial charge in [0.25, 0.3) is 5.91 Å². The molecule has 0 bridgehead atoms. The number of carbonyl (C=O) groups is 2. The van der Waals surface area contributed by atoms with Gasteiger partial charge in [0.1, 0.15) is 5.75 Å². The van der Waals surface area contributed by atoms with Crippen molar-refractivity contribution in [1.82, 2.24) is 5.32 Å². The Hall–Kier alpha value is -2.04. The Kier molecular flexibility index (Phi) is 6.91. The number of hydrogen-bond acceptors (Lipinski definition) is 4. The molecule has 1 N–H and O–H groups in total. The second-order valence-corrected chi connectivity index (χ2v) is 5.94. The van der Waals surface area contributed by atoms with Crippen LogP contribution < -0.4 is 10.1 Å². The summed E-state index contributed by atoms with van der Waals surface area (Å²) in [7, 11) is 1.59. The van der Waals surface area contributed by atoms with E-state index in [2.05, 4.69) is 5.32 Å². The lowest BCUT2D eigenvalue weighted by Gasteiger charge is -2.16. The monoisotopic (exact) mass is 319 g/mol. The van der Waals surface area contributed by atoms with Crippen LogP contribution in [0.3, 0.4) is 0 Å². The number of esters is 1. The van der Waals surface area contributed by atoms with Gasteiger partial charge >= 0.3 is 5.97 Å². The molecule has 1 aliphatic carbocycles. The van der Waals surface area contributed by atoms with Gasteiger partial charge in [-0.3, -0.25) is 9.59 Å². The first kappa shape index (κ1) is 17.3. The highest BCUT2D eigenvalue weighted by Gasteiger charge is 2.15. The molecule has 2 rings (SSSR count). The predicted octanol–water partition coefficient (Wildman–Crippen LogP) is 2.62. The van der Waals surface area contributed by atoms with Gasteiger partial charge in [0, 0.05) is 6.04 Å². The molecule has 1 aromatic carbocycles. The maximum atomic E-state index is 11.9. The van der Waals surface area contributed by atoms with Crippen molar-refractivity contribution in [3.8, 4) is 5.75 Å². The van der Waals surface area contributed by atoms with E-state index >= 15 is 0 Å². The number of amides is 1. The van der Waals surface area contributed by atoms with Crippen LogP contribution in [0.4, 0.5) is 0 Å². The second-order valence-electron chi connectivity index (χ2n) is 5.94. The van der Waals surface area contributed by atoms with Gasteiger partial charge in [-0.25, -0.2) is 0 Å². The lowest BCUT2D eigenvalue weighted by Crippen LogP contribution is -2.37. The van der Waals surface area contributed by atoms with Crippen molar-refractivity contribution in [3.05, 3.63) is 29.8 Å². The van der Waals surface area contributed by atoms with Crippen LogP contribution in [-0.2, 0) is 20.7 Å². The Balaban J connectivity index is 1.69. The van der Waals surface area contributed by atoms with E-state index in [0.717, 1.165) is 37.0 Å². The minimum atomic E-state index is -0.397. The van der Waals surface area contributed by atoms with Crippen molar-refractivity contribution in [3.63, 3.8) is 0 Å². The Bertz CT molecular complexity index is 504. The number of carbonyl (C=O) groups excluding carboxylic acids is 2. The maximum absolute atomic E-state index is 11.9. The average Bonchev–Trinajstić information content (AvgIpc) is 2.82. The number of ether oxygens (including phenoxy) is 2. The number of benzene rings is 1. The van der Waals surface area contributed by atoms with E-state index in [1.807, 2.05) is 12.1 Å². The van der Waals surface area contributed by atoms with Gasteiger partial charge in [0.05, 0.1) is 13.5 Å². The summed E-state index contributed by atoms with van der Waals surface area (Å²) in [6.07, 6.45) is 6.98. The van der Waals surface area contributed by atoms with Gasteiger partial charge in [-0.2, -0.15) is 0 Å². The van der Waals surface area contributed by atoms with E-state index in [-0.39, 0.29) is 25.0 Å². The smallest absolute Gasteiger partial charge is 0.310 e. The maximum Gasteiger partial charge on any atom is 0.310 e. The fourth-order valence-corrected chi connectivity index (χ4v) is 2.80. The van der Waals surface area contributed by atoms with Gasteiger partial charge in [-0.1, -0.05) is 37.8 Å². The van der Waals surface area contributed by atoms with Gasteiger partial charge < -0.3 is 14.8 Å². The van der Waals surface area contributed by atoms with Crippen molar-refractivity contribution in [2.75, 3.05) is 13.7 Å². The fourth-order valence-electron chi connectivity index (χ4n) is 2.80. The molecule has 0 atom stereocenters. The van der Waals surface area contributed by atoms with Crippen LogP contribution >= 0.6 is 0 Å². The fraction of sp³-hybridized carbons (Fsp3) is 0.556. The first-order chi connectivity index (χ1) is 11.2. The van der Waals surface area contributed by atoms with Gasteiger partial charge in [-0.15, -0.1) is 0 Å². The van der Waals surface area contributed by atoms with Crippen LogP contribution in [0.2, 0.25) is 0 Å². The summed E-state index contributed by atoms with van der Waals surface area (Å²) in [6.45, 7) is -0.203. The molecule has 0 unspecified atom stereocenters. The molecule has 1 amide bonds. The molecule has 126 valence electrons. The third kappa shape index (κ3) is 6.30. The van der Waals surface area contributed by atoms with Crippen LogP contribution in [0.15, 0.2) is 24.3 Å². The zero-order chi connectivity index (χ0) is 16.5. The highest BCUT2D eigenvalue weighted by Crippen LogP contribution is 2.17. The Morgan fingerprint density at radius 2 is 1.74 bits per heavy atom. The summed E-state index contributed by atoms with van der Waals surface area (Å²) in [5, 5.41) is 2.96. The number of nitrogens with one attached hydrogen (secondary N) is 1. The zero-order valence-corrected chi connectivity index (χ0v) is 13.7. The van der Waals surface area contributed by atoms with Crippen molar-refractivity contribution in [2.45, 2.75) is 51.0 Å². The number of hydrogen-bond donors (Lipinski definition) is 1. The summed E-state index contributed by atoms with van der Waals surface area (Å²) >= 11 is 0. The molecule has 0 aromatic heterocycles. The Morgan fingerprint density at radius 1 is 1.09 bits per heavy atom. The zero-order valence-electron chi connectivity index (χ0n) is 13.7. The Morgan fingerprint density at radius 3 is 2.35 bits per heavy atom. The summed E-state index contributed by atoms with van der Waals surface area (Å²) < 4.78 is 10.1. The minimum Gasteiger partial charge on any atom is -0.497 e. The molecular formula is C18H25NO4. The molecule has 1 saturated carbocycles. The van der Waals surface area contributed by atoms with E-state index in [9.17, 15) is 9.59 Å². The largest absolute Gasteiger partial charge is 0.497 e. The third-order valence-corrected chi connectivity index (χ3v) is 4.09. The SMILES string of the molecule is COc1ccc(CC(=O)OCC(=O)NC2CCCCCC2)cc1. The first-order valence-electron chi connectivity index (χ1n) is 8.25. The van der Waals surface area contributed by atoms with Gasteiger partial charge in [-0.05, 0) is 30.5 Å². The summed E-state index contributed by atoms with van der Waals surface area (Å²) in [5.41, 5.74) is 0.833. The third-order valence-electron chi connectivity index (χ3n) is 4.09.